The molecule has 0 aromatic heterocycles. The van der Waals surface area contributed by atoms with E-state index >= 15 is 0 Å². The van der Waals surface area contributed by atoms with Crippen LogP contribution < -0.4 is 5.32 Å². The fourth-order valence-corrected chi connectivity index (χ4v) is 8.14. The maximum Gasteiger partial charge on any atom is 0.305 e. The summed E-state index contributed by atoms with van der Waals surface area (Å²) in [6.07, 6.45) is 58.7. The topological polar surface area (TPSA) is 95.9 Å². The Morgan fingerprint density at radius 1 is 0.467 bits per heavy atom. The van der Waals surface area contributed by atoms with Crippen molar-refractivity contribution in [3.05, 3.63) is 24.3 Å². The Hall–Kier alpha value is -1.66. The minimum atomic E-state index is -0.674. The van der Waals surface area contributed by atoms with Crippen molar-refractivity contribution in [3.63, 3.8) is 0 Å². The van der Waals surface area contributed by atoms with Crippen LogP contribution in [0.15, 0.2) is 24.3 Å². The number of allylic oxidation sites excluding steroid dienone is 4. The van der Waals surface area contributed by atoms with Gasteiger partial charge in [0.25, 0.3) is 0 Å². The van der Waals surface area contributed by atoms with Crippen LogP contribution in [0.3, 0.4) is 0 Å². The van der Waals surface area contributed by atoms with E-state index in [0.29, 0.717) is 25.9 Å². The van der Waals surface area contributed by atoms with Crippen LogP contribution in [0, 0.1) is 0 Å². The summed E-state index contributed by atoms with van der Waals surface area (Å²) in [4.78, 5) is 24.4. The highest BCUT2D eigenvalue weighted by Crippen LogP contribution is 2.16. The Labute approximate surface area is 373 Å². The summed E-state index contributed by atoms with van der Waals surface area (Å²) in [6, 6.07) is -0.552. The van der Waals surface area contributed by atoms with E-state index in [1.54, 1.807) is 0 Å². The molecule has 0 aliphatic carbocycles. The lowest BCUT2D eigenvalue weighted by atomic mass is 10.0. The fraction of sp³-hybridized carbons (Fsp3) is 0.889. The van der Waals surface area contributed by atoms with Crippen LogP contribution in [0.4, 0.5) is 0 Å². The summed E-state index contributed by atoms with van der Waals surface area (Å²) in [5, 5.41) is 23.2. The van der Waals surface area contributed by atoms with Gasteiger partial charge in [-0.2, -0.15) is 0 Å². The molecule has 0 heterocycles. The molecule has 60 heavy (non-hydrogen) atoms. The monoisotopic (exact) mass is 846 g/mol. The van der Waals surface area contributed by atoms with Gasteiger partial charge < -0.3 is 20.3 Å². The lowest BCUT2D eigenvalue weighted by Gasteiger charge is -2.22. The quantitative estimate of drug-likeness (QED) is 0.0322. The zero-order valence-electron chi connectivity index (χ0n) is 40.2. The molecule has 1 amide bonds. The zero-order valence-corrected chi connectivity index (χ0v) is 40.2. The highest BCUT2D eigenvalue weighted by Gasteiger charge is 2.20. The smallest absolute Gasteiger partial charge is 0.305 e. The predicted octanol–water partition coefficient (Wildman–Crippen LogP) is 15.9. The van der Waals surface area contributed by atoms with Gasteiger partial charge in [0.15, 0.2) is 0 Å². The van der Waals surface area contributed by atoms with E-state index in [1.165, 1.54) is 167 Å². The maximum absolute atomic E-state index is 12.4. The van der Waals surface area contributed by atoms with E-state index in [0.717, 1.165) is 83.5 Å². The van der Waals surface area contributed by atoms with Gasteiger partial charge in [-0.3, -0.25) is 9.59 Å². The van der Waals surface area contributed by atoms with Gasteiger partial charge in [0.2, 0.25) is 5.91 Å². The van der Waals surface area contributed by atoms with Crippen molar-refractivity contribution >= 4 is 11.9 Å². The normalized spacial score (nSPS) is 12.8. The molecule has 0 aromatic rings. The summed E-state index contributed by atoms with van der Waals surface area (Å²) in [5.41, 5.74) is 0. The van der Waals surface area contributed by atoms with E-state index in [4.69, 9.17) is 4.74 Å². The molecule has 0 radical (unpaired) electrons. The zero-order chi connectivity index (χ0) is 43.7. The molecule has 0 aromatic carbocycles. The van der Waals surface area contributed by atoms with Gasteiger partial charge in [-0.05, 0) is 64.2 Å². The minimum Gasteiger partial charge on any atom is -0.466 e. The summed E-state index contributed by atoms with van der Waals surface area (Å²) in [5.74, 6) is -0.0656. The number of nitrogens with one attached hydrogen (secondary N) is 1. The second-order valence-corrected chi connectivity index (χ2v) is 18.2. The molecular formula is C54H103NO5. The van der Waals surface area contributed by atoms with Gasteiger partial charge in [-0.15, -0.1) is 0 Å². The van der Waals surface area contributed by atoms with Gasteiger partial charge in [-0.25, -0.2) is 0 Å². The second kappa shape index (κ2) is 50.0. The molecular weight excluding hydrogens is 743 g/mol. The molecule has 3 N–H and O–H groups in total. The molecule has 0 spiro atoms. The van der Waals surface area contributed by atoms with Crippen LogP contribution in [-0.4, -0.2) is 47.4 Å². The summed E-state index contributed by atoms with van der Waals surface area (Å²) in [6.45, 7) is 4.91. The fourth-order valence-electron chi connectivity index (χ4n) is 8.14. The third-order valence-corrected chi connectivity index (χ3v) is 12.3. The van der Waals surface area contributed by atoms with Gasteiger partial charge in [-0.1, -0.05) is 231 Å². The number of ether oxygens (including phenoxy) is 1. The highest BCUT2D eigenvalue weighted by atomic mass is 16.5. The van der Waals surface area contributed by atoms with Crippen molar-refractivity contribution < 1.29 is 24.5 Å². The van der Waals surface area contributed by atoms with Gasteiger partial charge in [0, 0.05) is 12.8 Å². The molecule has 6 heteroatoms. The number of aliphatic hydroxyl groups is 2. The van der Waals surface area contributed by atoms with Crippen molar-refractivity contribution in [1.82, 2.24) is 5.32 Å². The number of carbonyl (C=O) groups excluding carboxylic acids is 2. The van der Waals surface area contributed by atoms with Gasteiger partial charge in [0.05, 0.1) is 25.4 Å². The molecule has 2 atom stereocenters. The number of unbranched alkanes of at least 4 members (excludes halogenated alkanes) is 34. The third kappa shape index (κ3) is 45.9. The highest BCUT2D eigenvalue weighted by molar-refractivity contribution is 5.76. The molecule has 0 rings (SSSR count). The first-order valence-corrected chi connectivity index (χ1v) is 26.6. The molecule has 0 fully saturated rings. The lowest BCUT2D eigenvalue weighted by molar-refractivity contribution is -0.143. The van der Waals surface area contributed by atoms with E-state index in [2.05, 4.69) is 43.5 Å². The average Bonchev–Trinajstić information content (AvgIpc) is 3.25. The Morgan fingerprint density at radius 3 is 1.27 bits per heavy atom. The predicted molar refractivity (Wildman–Crippen MR) is 260 cm³/mol. The standard InChI is InChI=1S/C54H103NO5/c1-3-5-7-9-11-13-15-17-23-26-30-34-38-42-46-52(57)51(50-56)55-53(58)47-43-39-35-31-27-24-21-19-18-20-22-25-29-33-37-41-45-49-60-54(59)48-44-40-36-32-28-16-14-12-10-8-6-4-2/h18,20,25,29,51-52,56-57H,3-17,19,21-24,26-28,30-50H2,1-2H3,(H,55,58)/b20-18-,29-25-. The van der Waals surface area contributed by atoms with Crippen LogP contribution in [0.2, 0.25) is 0 Å². The van der Waals surface area contributed by atoms with Gasteiger partial charge in [0.1, 0.15) is 0 Å². The van der Waals surface area contributed by atoms with E-state index < -0.39 is 12.1 Å². The van der Waals surface area contributed by atoms with Crippen molar-refractivity contribution in [1.29, 1.82) is 0 Å². The van der Waals surface area contributed by atoms with Crippen LogP contribution in [0.5, 0.6) is 0 Å². The Balaban J connectivity index is 3.50. The van der Waals surface area contributed by atoms with E-state index in [-0.39, 0.29) is 18.5 Å². The van der Waals surface area contributed by atoms with Crippen LogP contribution >= 0.6 is 0 Å². The maximum atomic E-state index is 12.4. The molecule has 0 saturated heterocycles. The SMILES string of the molecule is CCCCCCCCCCCCCCCCC(O)C(CO)NC(=O)CCCCCCCCC/C=C\C/C=C\CCCCCOC(=O)CCCCCCCCCCCCCC. The number of amides is 1. The molecule has 0 aliphatic heterocycles. The first-order chi connectivity index (χ1) is 29.5. The Morgan fingerprint density at radius 2 is 0.833 bits per heavy atom. The number of hydrogen-bond acceptors (Lipinski definition) is 5. The number of aliphatic hydroxyl groups excluding tert-OH is 2. The minimum absolute atomic E-state index is 0.0149. The molecule has 0 aliphatic rings. The van der Waals surface area contributed by atoms with Crippen molar-refractivity contribution in [2.75, 3.05) is 13.2 Å². The third-order valence-electron chi connectivity index (χ3n) is 12.3. The van der Waals surface area contributed by atoms with Crippen molar-refractivity contribution in [2.24, 2.45) is 0 Å². The van der Waals surface area contributed by atoms with Crippen LogP contribution in [-0.2, 0) is 14.3 Å². The van der Waals surface area contributed by atoms with Crippen LogP contribution in [0.25, 0.3) is 0 Å². The molecule has 2 unspecified atom stereocenters. The molecule has 0 bridgehead atoms. The van der Waals surface area contributed by atoms with Crippen molar-refractivity contribution in [3.8, 4) is 0 Å². The lowest BCUT2D eigenvalue weighted by Crippen LogP contribution is -2.45. The number of rotatable bonds is 49. The first-order valence-electron chi connectivity index (χ1n) is 26.6. The largest absolute Gasteiger partial charge is 0.466 e. The first kappa shape index (κ1) is 58.3. The average molecular weight is 846 g/mol. The Kier molecular flexibility index (Phi) is 48.6. The molecule has 354 valence electrons. The molecule has 0 saturated carbocycles. The summed E-state index contributed by atoms with van der Waals surface area (Å²) >= 11 is 0. The summed E-state index contributed by atoms with van der Waals surface area (Å²) in [7, 11) is 0. The number of carbonyl (C=O) groups is 2. The van der Waals surface area contributed by atoms with E-state index in [1.807, 2.05) is 0 Å². The van der Waals surface area contributed by atoms with Crippen LogP contribution in [0.1, 0.15) is 284 Å². The van der Waals surface area contributed by atoms with E-state index in [9.17, 15) is 19.8 Å². The van der Waals surface area contributed by atoms with Crippen molar-refractivity contribution in [2.45, 2.75) is 296 Å². The van der Waals surface area contributed by atoms with Gasteiger partial charge >= 0.3 is 5.97 Å². The Bertz CT molecular complexity index is 935. The number of hydrogen-bond donors (Lipinski definition) is 3. The summed E-state index contributed by atoms with van der Waals surface area (Å²) < 4.78 is 5.44. The second-order valence-electron chi connectivity index (χ2n) is 18.2. The number of esters is 1. The molecule has 6 nitrogen and oxygen atoms in total.